The Hall–Kier alpha value is -14.3. The average Bonchev–Trinajstić information content (AvgIpc) is 1.68. The lowest BCUT2D eigenvalue weighted by Crippen LogP contribution is -2.01. The minimum Gasteiger partial charge on any atom is -0.508 e. The second-order valence-corrected chi connectivity index (χ2v) is 23.1. The Morgan fingerprint density at radius 2 is 0.649 bits per heavy atom. The van der Waals surface area contributed by atoms with Crippen LogP contribution in [0.5, 0.6) is 51.7 Å². The molecule has 0 amide bonds. The number of aliphatic hydroxyl groups is 2. The minimum atomic E-state index is -0.0972. The number of ether oxygens (including phenoxy) is 10. The van der Waals surface area contributed by atoms with Gasteiger partial charge >= 0.3 is 0 Å². The van der Waals surface area contributed by atoms with Gasteiger partial charge in [-0.25, -0.2) is 24.9 Å². The fourth-order valence-electron chi connectivity index (χ4n) is 9.10. The van der Waals surface area contributed by atoms with Crippen LogP contribution < -0.4 is 28.4 Å². The summed E-state index contributed by atoms with van der Waals surface area (Å²) in [4.78, 5) is 70.7. The molecule has 3 aromatic carbocycles. The first-order valence-corrected chi connectivity index (χ1v) is 34.3. The lowest BCUT2D eigenvalue weighted by Gasteiger charge is -2.07. The summed E-state index contributed by atoms with van der Waals surface area (Å²) in [6.07, 6.45) is 19.1. The van der Waals surface area contributed by atoms with Gasteiger partial charge in [-0.1, -0.05) is 0 Å². The Morgan fingerprint density at radius 3 is 0.965 bits per heavy atom. The van der Waals surface area contributed by atoms with Gasteiger partial charge in [0, 0.05) is 97.7 Å². The molecule has 32 heteroatoms. The Labute approximate surface area is 651 Å². The van der Waals surface area contributed by atoms with Gasteiger partial charge in [-0.15, -0.1) is 0 Å². The van der Waals surface area contributed by atoms with Crippen molar-refractivity contribution >= 4 is 44.9 Å². The Balaban J connectivity index is 0.000000157. The van der Waals surface area contributed by atoms with Crippen LogP contribution in [0.25, 0.3) is 67.7 Å². The molecule has 0 saturated heterocycles. The number of oxazole rings is 3. The largest absolute Gasteiger partial charge is 0.508 e. The zero-order valence-electron chi connectivity index (χ0n) is 62.4. The molecule has 12 heterocycles. The van der Waals surface area contributed by atoms with E-state index in [1.807, 2.05) is 84.9 Å². The number of Topliss-reactive ketones (excluding diaryl/α,β-unsaturated/α-hetero) is 2. The molecule has 0 aliphatic rings. The molecule has 0 spiro atoms. The zero-order chi connectivity index (χ0) is 80.7. The van der Waals surface area contributed by atoms with Crippen LogP contribution in [-0.4, -0.2) is 153 Å². The average molecular weight is 1550 g/mol. The number of hydrogen-bond acceptors (Lipinski definition) is 32. The lowest BCUT2D eigenvalue weighted by atomic mass is 10.3. The molecule has 32 nitrogen and oxygen atoms in total. The van der Waals surface area contributed by atoms with Gasteiger partial charge in [0.2, 0.25) is 17.7 Å². The summed E-state index contributed by atoms with van der Waals surface area (Å²) in [6, 6.07) is 47.0. The van der Waals surface area contributed by atoms with Gasteiger partial charge in [-0.2, -0.15) is 0 Å². The van der Waals surface area contributed by atoms with Crippen molar-refractivity contribution in [3.05, 3.63) is 272 Å². The fraction of sp³-hybridized carbons (Fsp3) is 0.171. The highest BCUT2D eigenvalue weighted by Crippen LogP contribution is 2.30. The van der Waals surface area contributed by atoms with E-state index in [-0.39, 0.29) is 69.2 Å². The first-order chi connectivity index (χ1) is 55.6. The van der Waals surface area contributed by atoms with E-state index in [1.54, 1.807) is 144 Å². The van der Waals surface area contributed by atoms with Crippen LogP contribution in [0.15, 0.2) is 251 Å². The Bertz CT molecular complexity index is 5280. The lowest BCUT2D eigenvalue weighted by molar-refractivity contribution is 0.0506. The summed E-state index contributed by atoms with van der Waals surface area (Å²) in [6.45, 7) is 4.23. The summed E-state index contributed by atoms with van der Waals surface area (Å²) in [5, 5.41) is 44.7. The van der Waals surface area contributed by atoms with Gasteiger partial charge in [-0.3, -0.25) is 44.5 Å². The first-order valence-electron chi connectivity index (χ1n) is 34.3. The van der Waals surface area contributed by atoms with Gasteiger partial charge < -0.3 is 86.2 Å². The fourth-order valence-corrected chi connectivity index (χ4v) is 9.10. The van der Waals surface area contributed by atoms with Crippen LogP contribution in [0.4, 0.5) is 0 Å². The third-order valence-electron chi connectivity index (χ3n) is 14.7. The number of aromatic nitrogens is 12. The summed E-state index contributed by atoms with van der Waals surface area (Å²) >= 11 is 0. The smallest absolute Gasteiger partial charge is 0.228 e. The molecule has 12 aromatic heterocycles. The predicted molar refractivity (Wildman–Crippen MR) is 413 cm³/mol. The molecule has 0 aliphatic heterocycles. The molecule has 586 valence electrons. The van der Waals surface area contributed by atoms with Crippen LogP contribution in [0.3, 0.4) is 0 Å². The maximum Gasteiger partial charge on any atom is 0.228 e. The first kappa shape index (κ1) is 83.8. The molecule has 0 saturated carbocycles. The monoisotopic (exact) mass is 1550 g/mol. The maximum absolute atomic E-state index is 10.8. The summed E-state index contributed by atoms with van der Waals surface area (Å²) < 4.78 is 68.1. The number of pyridine rings is 9. The number of phenolic OH excluding ortho intramolecular Hbond substituents is 1. The Kier molecular flexibility index (Phi) is 33.1. The van der Waals surface area contributed by atoms with E-state index in [0.717, 1.165) is 33.6 Å². The van der Waals surface area contributed by atoms with Gasteiger partial charge in [0.25, 0.3) is 0 Å². The number of benzene rings is 3. The number of aliphatic hydroxyl groups excluding tert-OH is 2. The molecule has 0 atom stereocenters. The Morgan fingerprint density at radius 1 is 0.333 bits per heavy atom. The molecule has 114 heavy (non-hydrogen) atoms. The molecule has 0 fully saturated rings. The van der Waals surface area contributed by atoms with Gasteiger partial charge in [0.05, 0.1) is 89.9 Å². The highest BCUT2D eigenvalue weighted by molar-refractivity contribution is 5.92. The molecule has 5 N–H and O–H groups in total. The topological polar surface area (TPSA) is 422 Å². The van der Waals surface area contributed by atoms with Gasteiger partial charge in [0.15, 0.2) is 55.5 Å². The van der Waals surface area contributed by atoms with Crippen molar-refractivity contribution < 1.29 is 95.7 Å². The number of carbonyl (C=O) groups is 2. The van der Waals surface area contributed by atoms with Crippen molar-refractivity contribution in [1.29, 1.82) is 0 Å². The van der Waals surface area contributed by atoms with Crippen molar-refractivity contribution in [2.24, 2.45) is 0 Å². The van der Waals surface area contributed by atoms with E-state index in [9.17, 15) is 19.8 Å². The molecular formula is C82H78N12O20. The number of nitrogens with zero attached hydrogens (tertiary/aromatic N) is 12. The molecule has 0 radical (unpaired) electrons. The van der Waals surface area contributed by atoms with Crippen LogP contribution in [-0.2, 0) is 45.4 Å². The highest BCUT2D eigenvalue weighted by atomic mass is 16.7. The summed E-state index contributed by atoms with van der Waals surface area (Å²) in [7, 11) is 6.21. The third kappa shape index (κ3) is 27.4. The highest BCUT2D eigenvalue weighted by Gasteiger charge is 2.14. The van der Waals surface area contributed by atoms with E-state index in [1.165, 1.54) is 51.7 Å². The van der Waals surface area contributed by atoms with Crippen molar-refractivity contribution in [3.8, 4) is 86.1 Å². The minimum absolute atomic E-state index is 0.0510. The van der Waals surface area contributed by atoms with Gasteiger partial charge in [-0.05, 0) is 146 Å². The number of methoxy groups -OCH3 is 4. The number of aromatic hydroxyl groups is 3. The molecule has 0 aliphatic carbocycles. The molecule has 0 bridgehead atoms. The van der Waals surface area contributed by atoms with Crippen LogP contribution >= 0.6 is 0 Å². The SMILES string of the molecule is CC(=O)c1ccc(O)cn1.COCOc1ccc(C(C)=O)nc1.COCOc1ccc(CO)nc1.COCOc1ccc(CO)nc1.COCOc1ccc(COc2ccc3oc(-c4cccnc4)nc3c2)nc1.Oc1ccc(COc2ccc3oc(-c4cccnc4)nc3c2)nc1.Oc1ccc2oc(-c3cccnc3)nc2c1. The van der Waals surface area contributed by atoms with E-state index >= 15 is 0 Å². The number of phenols is 1. The van der Waals surface area contributed by atoms with Crippen molar-refractivity contribution in [1.82, 2.24) is 59.8 Å². The molecular weight excluding hydrogens is 1470 g/mol. The normalized spacial score (nSPS) is 10.4. The third-order valence-corrected chi connectivity index (χ3v) is 14.7. The zero-order valence-corrected chi connectivity index (χ0v) is 62.4. The van der Waals surface area contributed by atoms with Crippen molar-refractivity contribution in [3.63, 3.8) is 0 Å². The summed E-state index contributed by atoms with van der Waals surface area (Å²) in [5.74, 6) is 5.65. The predicted octanol–water partition coefficient (Wildman–Crippen LogP) is 13.4. The van der Waals surface area contributed by atoms with Crippen molar-refractivity contribution in [2.75, 3.05) is 55.6 Å². The second-order valence-electron chi connectivity index (χ2n) is 23.1. The van der Waals surface area contributed by atoms with E-state index < -0.39 is 0 Å². The van der Waals surface area contributed by atoms with Crippen LogP contribution in [0, 0.1) is 0 Å². The number of rotatable bonds is 25. The van der Waals surface area contributed by atoms with E-state index in [2.05, 4.69) is 59.8 Å². The van der Waals surface area contributed by atoms with E-state index in [4.69, 9.17) is 75.9 Å². The maximum atomic E-state index is 10.8. The standard InChI is InChI=1S/C20H17N3O4.C18H13N3O3.C12H8N2O2.C9H11NO3.2C8H11NO3.C7H7NO2/c1-24-13-26-17-5-4-15(22-11-17)12-25-16-6-7-19-18(9-16)23-20(27-19)14-3-2-8-21-10-14;22-14-4-3-13(20-10-14)11-23-15-5-6-17-16(8-15)21-18(24-17)12-2-1-7-19-9-12;15-9-3-4-11-10(6-9)14-12(16-11)8-2-1-5-13-7-8;1-7(11)9-4-3-8(5-10-9)13-6-12-2;2*1-11-6-12-8-3-2-7(5-10)9-4-8;1-5(9)7-3-2-6(10)4-8-7/h2-11H,12-13H2,1H3;1-10,22H,11H2;1-7,15H;3-5H,6H2,1-2H3;2*2-4,10H,5-6H2,1H3;2-4,10H,1H3. The second kappa shape index (κ2) is 45.0. The molecule has 0 unspecified atom stereocenters. The number of hydrogen-bond donors (Lipinski definition) is 5. The summed E-state index contributed by atoms with van der Waals surface area (Å²) in [5.41, 5.74) is 10.1. The molecule has 15 rings (SSSR count). The van der Waals surface area contributed by atoms with E-state index in [0.29, 0.717) is 116 Å². The molecule has 15 aromatic rings. The van der Waals surface area contributed by atoms with Crippen LogP contribution in [0.1, 0.15) is 57.6 Å². The number of ketones is 2. The number of fused-ring (bicyclic) bond motifs is 3. The van der Waals surface area contributed by atoms with Crippen molar-refractivity contribution in [2.45, 2.75) is 40.3 Å². The van der Waals surface area contributed by atoms with Gasteiger partial charge in [0.1, 0.15) is 92.9 Å². The number of carbonyl (C=O) groups excluding carboxylic acids is 2. The van der Waals surface area contributed by atoms with Crippen LogP contribution in [0.2, 0.25) is 0 Å². The quantitative estimate of drug-likeness (QED) is 0.0262.